The molecule has 1 saturated carbocycles. The fourth-order valence-electron chi connectivity index (χ4n) is 3.02. The number of ketones is 1. The van der Waals surface area contributed by atoms with Gasteiger partial charge in [-0.25, -0.2) is 0 Å². The molecule has 0 saturated heterocycles. The average molecular weight is 318 g/mol. The quantitative estimate of drug-likeness (QED) is 0.820. The van der Waals surface area contributed by atoms with Gasteiger partial charge in [0.05, 0.1) is 0 Å². The molecule has 1 fully saturated rings. The van der Waals surface area contributed by atoms with Crippen molar-refractivity contribution in [2.24, 2.45) is 11.7 Å². The van der Waals surface area contributed by atoms with Gasteiger partial charge < -0.3 is 15.8 Å². The Labute approximate surface area is 135 Å². The van der Waals surface area contributed by atoms with Crippen molar-refractivity contribution in [2.45, 2.75) is 37.8 Å². The first-order valence-electron chi connectivity index (χ1n) is 7.72. The molecular formula is C17H22N2O4. The largest absolute Gasteiger partial charge is 0.368 e. The van der Waals surface area contributed by atoms with Crippen LogP contribution in [0.2, 0.25) is 0 Å². The smallest absolute Gasteiger partial charge is 0.254 e. The Balaban J connectivity index is 2.10. The summed E-state index contributed by atoms with van der Waals surface area (Å²) in [5.74, 6) is -1.19. The normalized spacial score (nSPS) is 20.6. The van der Waals surface area contributed by atoms with Crippen LogP contribution in [0.3, 0.4) is 0 Å². The van der Waals surface area contributed by atoms with Gasteiger partial charge in [-0.2, -0.15) is 0 Å². The lowest BCUT2D eigenvalue weighted by Crippen LogP contribution is -2.51. The summed E-state index contributed by atoms with van der Waals surface area (Å²) >= 11 is 0. The zero-order chi connectivity index (χ0) is 16.8. The maximum absolute atomic E-state index is 12.5. The van der Waals surface area contributed by atoms with Gasteiger partial charge in [0.15, 0.2) is 6.10 Å². The van der Waals surface area contributed by atoms with E-state index in [2.05, 4.69) is 5.32 Å². The molecular weight excluding hydrogens is 296 g/mol. The van der Waals surface area contributed by atoms with Crippen LogP contribution >= 0.6 is 0 Å². The van der Waals surface area contributed by atoms with Crippen LogP contribution in [-0.4, -0.2) is 30.7 Å². The summed E-state index contributed by atoms with van der Waals surface area (Å²) in [6.07, 6.45) is 1.40. The molecule has 0 aromatic heterocycles. The van der Waals surface area contributed by atoms with Crippen molar-refractivity contribution in [1.29, 1.82) is 0 Å². The van der Waals surface area contributed by atoms with Gasteiger partial charge in [-0.15, -0.1) is 0 Å². The molecule has 3 atom stereocenters. The summed E-state index contributed by atoms with van der Waals surface area (Å²) < 4.78 is 5.26. The Bertz CT molecular complexity index is 573. The monoisotopic (exact) mass is 318 g/mol. The molecule has 0 bridgehead atoms. The van der Waals surface area contributed by atoms with Gasteiger partial charge in [-0.3, -0.25) is 14.4 Å². The summed E-state index contributed by atoms with van der Waals surface area (Å²) in [5, 5.41) is 2.67. The predicted octanol–water partition coefficient (Wildman–Crippen LogP) is 1.10. The Morgan fingerprint density at radius 3 is 2.57 bits per heavy atom. The lowest BCUT2D eigenvalue weighted by atomic mass is 9.82. The molecule has 0 unspecified atom stereocenters. The van der Waals surface area contributed by atoms with Crippen molar-refractivity contribution < 1.29 is 19.1 Å². The van der Waals surface area contributed by atoms with E-state index in [0.717, 1.165) is 6.42 Å². The maximum Gasteiger partial charge on any atom is 0.254 e. The molecule has 23 heavy (non-hydrogen) atoms. The van der Waals surface area contributed by atoms with Crippen molar-refractivity contribution in [1.82, 2.24) is 5.32 Å². The highest BCUT2D eigenvalue weighted by molar-refractivity contribution is 5.90. The molecule has 6 heteroatoms. The second-order valence-corrected chi connectivity index (χ2v) is 5.81. The Kier molecular flexibility index (Phi) is 5.87. The fourth-order valence-corrected chi connectivity index (χ4v) is 3.02. The van der Waals surface area contributed by atoms with Crippen molar-refractivity contribution in [3.8, 4) is 0 Å². The highest BCUT2D eigenvalue weighted by Crippen LogP contribution is 2.25. The Morgan fingerprint density at radius 2 is 2.00 bits per heavy atom. The standard InChI is InChI=1S/C17H22N2O4/c1-23-15(11-6-3-2-4-7-11)17(22)19-14(16(18)21)12-8-5-9-13(20)10-12/h2-4,6-7,12,14-15H,5,8-10H2,1H3,(H2,18,21)(H,19,22)/t12-,14+,15-/m1/s1. The molecule has 0 spiro atoms. The summed E-state index contributed by atoms with van der Waals surface area (Å²) in [7, 11) is 1.43. The highest BCUT2D eigenvalue weighted by Gasteiger charge is 2.34. The molecule has 1 aliphatic rings. The van der Waals surface area contributed by atoms with Gasteiger partial charge in [0, 0.05) is 20.0 Å². The summed E-state index contributed by atoms with van der Waals surface area (Å²) in [5.41, 5.74) is 6.13. The number of nitrogens with two attached hydrogens (primary N) is 1. The zero-order valence-electron chi connectivity index (χ0n) is 13.2. The number of methoxy groups -OCH3 is 1. The van der Waals surface area contributed by atoms with E-state index in [1.807, 2.05) is 6.07 Å². The fraction of sp³-hybridized carbons (Fsp3) is 0.471. The van der Waals surface area contributed by atoms with E-state index in [-0.39, 0.29) is 18.1 Å². The van der Waals surface area contributed by atoms with Crippen LogP contribution in [0.1, 0.15) is 37.4 Å². The van der Waals surface area contributed by atoms with Crippen molar-refractivity contribution >= 4 is 17.6 Å². The van der Waals surface area contributed by atoms with Crippen LogP contribution in [0.15, 0.2) is 30.3 Å². The molecule has 1 aromatic carbocycles. The van der Waals surface area contributed by atoms with Gasteiger partial charge >= 0.3 is 0 Å². The number of primary amides is 1. The van der Waals surface area contributed by atoms with E-state index in [0.29, 0.717) is 18.4 Å². The molecule has 0 radical (unpaired) electrons. The zero-order valence-corrected chi connectivity index (χ0v) is 13.2. The van der Waals surface area contributed by atoms with Gasteiger partial charge in [0.25, 0.3) is 5.91 Å². The lowest BCUT2D eigenvalue weighted by molar-refractivity contribution is -0.136. The minimum atomic E-state index is -0.854. The van der Waals surface area contributed by atoms with E-state index >= 15 is 0 Å². The number of hydrogen-bond acceptors (Lipinski definition) is 4. The van der Waals surface area contributed by atoms with Gasteiger partial charge in [-0.05, 0) is 24.3 Å². The molecule has 6 nitrogen and oxygen atoms in total. The molecule has 1 aliphatic carbocycles. The van der Waals surface area contributed by atoms with Crippen LogP contribution in [0, 0.1) is 5.92 Å². The van der Waals surface area contributed by atoms with Crippen LogP contribution in [0.25, 0.3) is 0 Å². The average Bonchev–Trinajstić information content (AvgIpc) is 2.54. The summed E-state index contributed by atoms with van der Waals surface area (Å²) in [6.45, 7) is 0. The SMILES string of the molecule is CO[C@@H](C(=O)N[C@H](C(N)=O)[C@@H]1CCCC(=O)C1)c1ccccc1. The number of ether oxygens (including phenoxy) is 1. The maximum atomic E-state index is 12.5. The van der Waals surface area contributed by atoms with E-state index in [9.17, 15) is 14.4 Å². The number of carbonyl (C=O) groups is 3. The van der Waals surface area contributed by atoms with Gasteiger partial charge in [-0.1, -0.05) is 30.3 Å². The molecule has 1 aromatic rings. The highest BCUT2D eigenvalue weighted by atomic mass is 16.5. The minimum Gasteiger partial charge on any atom is -0.368 e. The van der Waals surface area contributed by atoms with Crippen LogP contribution in [0.5, 0.6) is 0 Å². The Morgan fingerprint density at radius 1 is 1.30 bits per heavy atom. The number of Topliss-reactive ketones (excluding diaryl/α,β-unsaturated/α-hetero) is 1. The molecule has 2 amide bonds. The van der Waals surface area contributed by atoms with E-state index in [1.165, 1.54) is 7.11 Å². The third-order valence-corrected chi connectivity index (χ3v) is 4.17. The first-order chi connectivity index (χ1) is 11.0. The van der Waals surface area contributed by atoms with Crippen LogP contribution in [-0.2, 0) is 19.1 Å². The van der Waals surface area contributed by atoms with Crippen molar-refractivity contribution in [3.63, 3.8) is 0 Å². The number of rotatable bonds is 6. The Hall–Kier alpha value is -2.21. The van der Waals surface area contributed by atoms with Gasteiger partial charge in [0.2, 0.25) is 5.91 Å². The molecule has 3 N–H and O–H groups in total. The second-order valence-electron chi connectivity index (χ2n) is 5.81. The first-order valence-corrected chi connectivity index (χ1v) is 7.72. The molecule has 124 valence electrons. The van der Waals surface area contributed by atoms with E-state index in [1.54, 1.807) is 24.3 Å². The second kappa shape index (κ2) is 7.87. The van der Waals surface area contributed by atoms with Crippen molar-refractivity contribution in [3.05, 3.63) is 35.9 Å². The minimum absolute atomic E-state index is 0.105. The number of amides is 2. The molecule has 2 rings (SSSR count). The third kappa shape index (κ3) is 4.39. The number of benzene rings is 1. The summed E-state index contributed by atoms with van der Waals surface area (Å²) in [6, 6.07) is 8.15. The van der Waals surface area contributed by atoms with Crippen LogP contribution in [0.4, 0.5) is 0 Å². The number of carbonyl (C=O) groups excluding carboxylic acids is 3. The molecule has 0 aliphatic heterocycles. The summed E-state index contributed by atoms with van der Waals surface area (Å²) in [4.78, 5) is 35.8. The number of nitrogens with one attached hydrogen (secondary N) is 1. The van der Waals surface area contributed by atoms with Crippen LogP contribution < -0.4 is 11.1 Å². The molecule has 0 heterocycles. The third-order valence-electron chi connectivity index (χ3n) is 4.17. The van der Waals surface area contributed by atoms with E-state index < -0.39 is 24.0 Å². The van der Waals surface area contributed by atoms with Crippen molar-refractivity contribution in [2.75, 3.05) is 7.11 Å². The van der Waals surface area contributed by atoms with Gasteiger partial charge in [0.1, 0.15) is 11.8 Å². The predicted molar refractivity (Wildman–Crippen MR) is 84.3 cm³/mol. The lowest BCUT2D eigenvalue weighted by Gasteiger charge is -2.29. The number of hydrogen-bond donors (Lipinski definition) is 2. The van der Waals surface area contributed by atoms with E-state index in [4.69, 9.17) is 10.5 Å². The first kappa shape index (κ1) is 17.1. The topological polar surface area (TPSA) is 98.5 Å².